The molecule has 0 bridgehead atoms. The molecular formula is C23H22Cl2Zr. The van der Waals surface area contributed by atoms with Crippen molar-refractivity contribution in [3.63, 3.8) is 0 Å². The van der Waals surface area contributed by atoms with Crippen LogP contribution in [0.2, 0.25) is 0 Å². The molecule has 1 saturated heterocycles. The number of hydrogen-bond acceptors (Lipinski definition) is 0. The molecule has 2 aliphatic carbocycles. The van der Waals surface area contributed by atoms with Crippen molar-refractivity contribution in [2.75, 3.05) is 0 Å². The Morgan fingerprint density at radius 2 is 1.08 bits per heavy atom. The molecule has 1 aliphatic heterocycles. The Morgan fingerprint density at radius 1 is 0.692 bits per heavy atom. The first-order valence-electron chi connectivity index (χ1n) is 8.89. The van der Waals surface area contributed by atoms with E-state index in [1.165, 1.54) is 11.1 Å². The van der Waals surface area contributed by atoms with Crippen molar-refractivity contribution in [3.8, 4) is 0 Å². The van der Waals surface area contributed by atoms with Gasteiger partial charge >= 0.3 is 157 Å². The van der Waals surface area contributed by atoms with Gasteiger partial charge in [0, 0.05) is 0 Å². The molecule has 0 aromatic heterocycles. The van der Waals surface area contributed by atoms with Crippen LogP contribution in [-0.4, -0.2) is 0 Å². The summed E-state index contributed by atoms with van der Waals surface area (Å²) in [5.74, 6) is 0. The summed E-state index contributed by atoms with van der Waals surface area (Å²) in [4.78, 5) is 0. The monoisotopic (exact) mass is 458 g/mol. The second-order valence-corrected chi connectivity index (χ2v) is 11.6. The molecule has 3 heteroatoms. The summed E-state index contributed by atoms with van der Waals surface area (Å²) in [6.07, 6.45) is 0. The van der Waals surface area contributed by atoms with Gasteiger partial charge in [-0.2, -0.15) is 0 Å². The molecule has 26 heavy (non-hydrogen) atoms. The fourth-order valence-corrected chi connectivity index (χ4v) is 12.1. The molecule has 2 atom stereocenters. The molecule has 1 fully saturated rings. The minimum absolute atomic E-state index is 0. The van der Waals surface area contributed by atoms with Crippen LogP contribution in [0.3, 0.4) is 0 Å². The summed E-state index contributed by atoms with van der Waals surface area (Å²) in [7, 11) is 0. The van der Waals surface area contributed by atoms with Gasteiger partial charge in [-0.05, 0) is 0 Å². The Labute approximate surface area is 180 Å². The summed E-state index contributed by atoms with van der Waals surface area (Å²) in [5.41, 5.74) is 13.1. The van der Waals surface area contributed by atoms with Crippen LogP contribution in [0.15, 0.2) is 59.7 Å². The molecule has 2 aromatic rings. The van der Waals surface area contributed by atoms with Gasteiger partial charge in [-0.15, -0.1) is 0 Å². The van der Waals surface area contributed by atoms with Gasteiger partial charge in [-0.1, -0.05) is 0 Å². The summed E-state index contributed by atoms with van der Waals surface area (Å²) in [6, 6.07) is 18.4. The molecule has 1 heterocycles. The zero-order valence-corrected chi connectivity index (χ0v) is 19.5. The van der Waals surface area contributed by atoms with E-state index in [1.54, 1.807) is 33.4 Å². The van der Waals surface area contributed by atoms with Gasteiger partial charge < -0.3 is 24.8 Å². The van der Waals surface area contributed by atoms with Crippen LogP contribution >= 0.6 is 0 Å². The first kappa shape index (κ1) is 20.1. The number of allylic oxidation sites excluding steroid dienone is 4. The molecule has 0 spiro atoms. The Hall–Kier alpha value is -0.617. The molecule has 2 aromatic carbocycles. The van der Waals surface area contributed by atoms with E-state index in [2.05, 4.69) is 76.2 Å². The summed E-state index contributed by atoms with van der Waals surface area (Å²) in [6.45, 7) is 9.71. The van der Waals surface area contributed by atoms with Gasteiger partial charge in [-0.3, -0.25) is 0 Å². The average Bonchev–Trinajstić information content (AvgIpc) is 3.03. The fourth-order valence-electron chi connectivity index (χ4n) is 5.53. The zero-order chi connectivity index (χ0) is 16.6. The van der Waals surface area contributed by atoms with Gasteiger partial charge in [0.2, 0.25) is 0 Å². The minimum atomic E-state index is -0.642. The maximum absolute atomic E-state index is 2.49. The van der Waals surface area contributed by atoms with Crippen LogP contribution in [-0.2, 0) is 23.2 Å². The normalized spacial score (nSPS) is 23.5. The Balaban J connectivity index is 0.000000980. The van der Waals surface area contributed by atoms with Crippen molar-refractivity contribution < 1.29 is 48.0 Å². The van der Waals surface area contributed by atoms with Gasteiger partial charge in [0.05, 0.1) is 0 Å². The molecule has 2 unspecified atom stereocenters. The van der Waals surface area contributed by atoms with Crippen LogP contribution in [0.1, 0.15) is 57.2 Å². The van der Waals surface area contributed by atoms with Crippen LogP contribution < -0.4 is 24.8 Å². The van der Waals surface area contributed by atoms with Gasteiger partial charge in [-0.25, -0.2) is 0 Å². The fraction of sp³-hybridized carbons (Fsp3) is 0.304. The van der Waals surface area contributed by atoms with Crippen LogP contribution in [0.25, 0.3) is 11.1 Å². The van der Waals surface area contributed by atoms with E-state index in [0.29, 0.717) is 0 Å². The summed E-state index contributed by atoms with van der Waals surface area (Å²) in [5, 5.41) is 0. The summed E-state index contributed by atoms with van der Waals surface area (Å²) >= 11 is -0.642. The molecular weight excluding hydrogens is 438 g/mol. The molecule has 3 aliphatic rings. The largest absolute Gasteiger partial charge is 1.00 e. The third-order valence-corrected chi connectivity index (χ3v) is 11.0. The van der Waals surface area contributed by atoms with Crippen LogP contribution in [0, 0.1) is 5.41 Å². The molecule has 0 amide bonds. The van der Waals surface area contributed by atoms with Crippen molar-refractivity contribution in [3.05, 3.63) is 81.9 Å². The first-order valence-corrected chi connectivity index (χ1v) is 11.7. The quantitative estimate of drug-likeness (QED) is 0.526. The SMILES string of the molecule is CC1=C2[CH]([Zr+2][CH]3C(=C(C)c4ccccc43)C2(C)C)c2ccccc21.[Cl-].[Cl-]. The van der Waals surface area contributed by atoms with Crippen molar-refractivity contribution >= 4 is 11.1 Å². The maximum atomic E-state index is 2.49. The maximum Gasteiger partial charge on any atom is -1.00 e. The number of halogens is 2. The van der Waals surface area contributed by atoms with E-state index in [1.807, 2.05) is 0 Å². The number of benzene rings is 2. The Morgan fingerprint density at radius 3 is 1.50 bits per heavy atom. The summed E-state index contributed by atoms with van der Waals surface area (Å²) < 4.78 is 1.51. The zero-order valence-electron chi connectivity index (χ0n) is 15.5. The third-order valence-electron chi connectivity index (χ3n) is 6.42. The molecule has 0 N–H and O–H groups in total. The van der Waals surface area contributed by atoms with Crippen molar-refractivity contribution in [1.29, 1.82) is 0 Å². The van der Waals surface area contributed by atoms with Crippen LogP contribution in [0.5, 0.6) is 0 Å². The molecule has 0 saturated carbocycles. The molecule has 5 rings (SSSR count). The first-order chi connectivity index (χ1) is 11.5. The Kier molecular flexibility index (Phi) is 5.24. The second kappa shape index (κ2) is 6.77. The Bertz CT molecular complexity index is 877. The third kappa shape index (κ3) is 2.43. The van der Waals surface area contributed by atoms with E-state index in [4.69, 9.17) is 0 Å². The second-order valence-electron chi connectivity index (χ2n) is 7.91. The smallest absolute Gasteiger partial charge is 1.00 e. The number of fused-ring (bicyclic) bond motifs is 6. The molecule has 0 nitrogen and oxygen atoms in total. The van der Waals surface area contributed by atoms with E-state index in [-0.39, 0.29) is 30.2 Å². The van der Waals surface area contributed by atoms with Gasteiger partial charge in [0.25, 0.3) is 0 Å². The minimum Gasteiger partial charge on any atom is -1.00 e. The van der Waals surface area contributed by atoms with E-state index >= 15 is 0 Å². The number of rotatable bonds is 0. The van der Waals surface area contributed by atoms with Crippen molar-refractivity contribution in [1.82, 2.24) is 0 Å². The topological polar surface area (TPSA) is 0 Å². The van der Waals surface area contributed by atoms with E-state index in [9.17, 15) is 0 Å². The van der Waals surface area contributed by atoms with Crippen LogP contribution in [0.4, 0.5) is 0 Å². The predicted molar refractivity (Wildman–Crippen MR) is 97.3 cm³/mol. The van der Waals surface area contributed by atoms with Crippen molar-refractivity contribution in [2.45, 2.75) is 34.9 Å². The van der Waals surface area contributed by atoms with E-state index in [0.717, 1.165) is 7.25 Å². The molecule has 132 valence electrons. The van der Waals surface area contributed by atoms with Crippen molar-refractivity contribution in [2.24, 2.45) is 5.41 Å². The number of hydrogen-bond donors (Lipinski definition) is 0. The standard InChI is InChI=1S/C23H22.2ClH.Zr/c1-15-19-11-7-5-9-17(19)13-21(15)23(3,4)22-14-18-10-6-8-12-20(18)16(22)2;;;/h5-14H,1-4H3;2*1H;/q;;;+2/p-2. The average molecular weight is 461 g/mol. The van der Waals surface area contributed by atoms with Gasteiger partial charge in [0.1, 0.15) is 0 Å². The molecule has 0 radical (unpaired) electrons. The predicted octanol–water partition coefficient (Wildman–Crippen LogP) is 0.174. The van der Waals surface area contributed by atoms with Gasteiger partial charge in [0.15, 0.2) is 0 Å². The van der Waals surface area contributed by atoms with E-state index < -0.39 is 23.2 Å².